The Labute approximate surface area is 52.3 Å². The molecule has 0 heterocycles. The maximum Gasteiger partial charge on any atom is 0.306 e. The van der Waals surface area contributed by atoms with Crippen LogP contribution in [-0.4, -0.2) is 27.5 Å². The number of rotatable bonds is 2. The number of hydrogen-bond acceptors (Lipinski definition) is 1. The minimum atomic E-state index is -0.293. The molecule has 0 aromatic carbocycles. The molecule has 2 N–H and O–H groups in total. The molecule has 0 spiro atoms. The molecule has 0 aromatic heterocycles. The van der Waals surface area contributed by atoms with Crippen LogP contribution >= 0.6 is 0 Å². The lowest BCUT2D eigenvalue weighted by atomic mass is 10.5. The summed E-state index contributed by atoms with van der Waals surface area (Å²) in [5, 5.41) is 0. The van der Waals surface area contributed by atoms with E-state index in [-0.39, 0.29) is 6.03 Å². The van der Waals surface area contributed by atoms with Crippen molar-refractivity contribution in [3.8, 4) is 0 Å². The molecule has 0 radical (unpaired) electrons. The van der Waals surface area contributed by atoms with Gasteiger partial charge in [0.05, 0.1) is 0 Å². The average molecular weight is 132 g/mol. The van der Waals surface area contributed by atoms with E-state index >= 15 is 0 Å². The van der Waals surface area contributed by atoms with Crippen LogP contribution in [0, 0.1) is 0 Å². The maximum absolute atomic E-state index is 10.3. The maximum atomic E-state index is 10.3. The van der Waals surface area contributed by atoms with Gasteiger partial charge in [-0.1, -0.05) is 6.92 Å². The van der Waals surface area contributed by atoms with Crippen molar-refractivity contribution in [3.05, 3.63) is 0 Å². The molecule has 0 fully saturated rings. The Morgan fingerprint density at radius 1 is 1.88 bits per heavy atom. The molecule has 8 heavy (non-hydrogen) atoms. The third-order valence-corrected chi connectivity index (χ3v) is 1.82. The van der Waals surface area contributed by atoms with Gasteiger partial charge in [-0.05, 0) is 6.42 Å². The van der Waals surface area contributed by atoms with Crippen molar-refractivity contribution >= 4 is 16.4 Å². The lowest BCUT2D eigenvalue weighted by Crippen LogP contribution is -2.33. The molecule has 3 nitrogen and oxygen atoms in total. The van der Waals surface area contributed by atoms with Crippen LogP contribution in [0.5, 0.6) is 0 Å². The van der Waals surface area contributed by atoms with Gasteiger partial charge >= 0.3 is 6.03 Å². The molecule has 0 aromatic rings. The van der Waals surface area contributed by atoms with Crippen LogP contribution in [0.15, 0.2) is 0 Å². The number of primary amides is 1. The van der Waals surface area contributed by atoms with Crippen molar-refractivity contribution in [2.24, 2.45) is 5.73 Å². The van der Waals surface area contributed by atoms with E-state index in [1.54, 1.807) is 4.57 Å². The summed E-state index contributed by atoms with van der Waals surface area (Å²) in [5.74, 6) is 0. The van der Waals surface area contributed by atoms with Crippen LogP contribution in [0.2, 0.25) is 0 Å². The summed E-state index contributed by atoms with van der Waals surface area (Å²) in [6.45, 7) is 2.83. The van der Waals surface area contributed by atoms with Gasteiger partial charge in [0, 0.05) is 6.54 Å². The molecule has 0 saturated heterocycles. The fraction of sp³-hybridized carbons (Fsp3) is 0.750. The van der Waals surface area contributed by atoms with E-state index < -0.39 is 0 Å². The summed E-state index contributed by atoms with van der Waals surface area (Å²) < 4.78 is 1.62. The van der Waals surface area contributed by atoms with E-state index in [0.717, 1.165) is 23.4 Å². The molecule has 48 valence electrons. The average Bonchev–Trinajstić information content (AvgIpc) is 1.67. The number of nitrogens with zero attached hydrogens (tertiary/aromatic N) is 1. The van der Waals surface area contributed by atoms with Crippen molar-refractivity contribution in [1.82, 2.24) is 4.57 Å². The van der Waals surface area contributed by atoms with Gasteiger partial charge in [-0.2, -0.15) is 0 Å². The second-order valence-electron chi connectivity index (χ2n) is 1.76. The van der Waals surface area contributed by atoms with Crippen molar-refractivity contribution < 1.29 is 4.79 Å². The Kier molecular flexibility index (Phi) is 3.26. The second-order valence-corrected chi connectivity index (χ2v) is 2.84. The monoisotopic (exact) mass is 132 g/mol. The number of urea groups is 1. The first-order valence-corrected chi connectivity index (χ1v) is 3.58. The Balaban J connectivity index is 3.32. The molecule has 0 bridgehead atoms. The van der Waals surface area contributed by atoms with Crippen LogP contribution in [0.3, 0.4) is 0 Å². The van der Waals surface area contributed by atoms with E-state index in [9.17, 15) is 4.79 Å². The van der Waals surface area contributed by atoms with E-state index in [2.05, 4.69) is 0 Å². The molecular weight excluding hydrogens is 120 g/mol. The molecule has 0 rings (SSSR count). The van der Waals surface area contributed by atoms with Gasteiger partial charge in [0.25, 0.3) is 0 Å². The lowest BCUT2D eigenvalue weighted by Gasteiger charge is -2.11. The summed E-state index contributed by atoms with van der Waals surface area (Å²) >= 11 is 0. The summed E-state index contributed by atoms with van der Waals surface area (Å²) in [6.07, 6.45) is 0.992. The molecule has 0 aliphatic carbocycles. The smallest absolute Gasteiger partial charge is 0.306 e. The Morgan fingerprint density at radius 2 is 2.38 bits per heavy atom. The van der Waals surface area contributed by atoms with Crippen LogP contribution in [0.25, 0.3) is 0 Å². The van der Waals surface area contributed by atoms with Crippen molar-refractivity contribution in [1.29, 1.82) is 0 Å². The predicted molar refractivity (Wildman–Crippen MR) is 36.5 cm³/mol. The topological polar surface area (TPSA) is 46.3 Å². The minimum absolute atomic E-state index is 0.293. The van der Waals surface area contributed by atoms with Crippen molar-refractivity contribution in [2.45, 2.75) is 13.3 Å². The van der Waals surface area contributed by atoms with Gasteiger partial charge in [0.15, 0.2) is 0 Å². The number of nitrogens with two attached hydrogens (primary N) is 1. The van der Waals surface area contributed by atoms with Gasteiger partial charge in [-0.3, -0.25) is 0 Å². The third-order valence-electron chi connectivity index (χ3n) is 0.935. The van der Waals surface area contributed by atoms with Gasteiger partial charge in [0.2, 0.25) is 0 Å². The zero-order valence-corrected chi connectivity index (χ0v) is 7.35. The van der Waals surface area contributed by atoms with Crippen LogP contribution < -0.4 is 5.73 Å². The molecule has 0 atom stereocenters. The molecule has 0 unspecified atom stereocenters. The fourth-order valence-electron chi connectivity index (χ4n) is 0.446. The van der Waals surface area contributed by atoms with Crippen molar-refractivity contribution in [3.63, 3.8) is 0 Å². The fourth-order valence-corrected chi connectivity index (χ4v) is 0.893. The highest BCUT2D eigenvalue weighted by Gasteiger charge is 1.96. The minimum Gasteiger partial charge on any atom is -0.361 e. The molecule has 0 aliphatic heterocycles. The van der Waals surface area contributed by atoms with E-state index in [0.29, 0.717) is 0 Å². The Morgan fingerprint density at radius 3 is 2.50 bits per heavy atom. The van der Waals surface area contributed by atoms with Gasteiger partial charge in [-0.25, -0.2) is 4.79 Å². The molecular formula is C4H12N2OSi. The predicted octanol–water partition coefficient (Wildman–Crippen LogP) is -0.943. The zero-order valence-electron chi connectivity index (χ0n) is 5.35. The first-order valence-electron chi connectivity index (χ1n) is 2.69. The van der Waals surface area contributed by atoms with Crippen LogP contribution in [0.4, 0.5) is 4.79 Å². The number of hydrogen-bond donors (Lipinski definition) is 1. The van der Waals surface area contributed by atoms with E-state index in [1.807, 2.05) is 6.92 Å². The molecule has 0 saturated carbocycles. The van der Waals surface area contributed by atoms with Gasteiger partial charge in [-0.15, -0.1) is 0 Å². The second kappa shape index (κ2) is 3.48. The zero-order chi connectivity index (χ0) is 6.57. The summed E-state index contributed by atoms with van der Waals surface area (Å²) in [7, 11) is 0.742. The first-order chi connectivity index (χ1) is 3.68. The summed E-state index contributed by atoms with van der Waals surface area (Å²) in [4.78, 5) is 10.3. The largest absolute Gasteiger partial charge is 0.361 e. The SMILES string of the molecule is CCCN([SiH3])C(N)=O. The first kappa shape index (κ1) is 7.49. The molecule has 4 heteroatoms. The quantitative estimate of drug-likeness (QED) is 0.484. The van der Waals surface area contributed by atoms with Crippen LogP contribution in [0.1, 0.15) is 13.3 Å². The summed E-state index contributed by atoms with van der Waals surface area (Å²) in [6, 6.07) is -0.293. The van der Waals surface area contributed by atoms with E-state index in [4.69, 9.17) is 5.73 Å². The number of carbonyl (C=O) groups is 1. The van der Waals surface area contributed by atoms with Crippen molar-refractivity contribution in [2.75, 3.05) is 6.54 Å². The number of amides is 2. The number of carbonyl (C=O) groups excluding carboxylic acids is 1. The van der Waals surface area contributed by atoms with Gasteiger partial charge < -0.3 is 10.3 Å². The normalized spacial score (nSPS) is 9.12. The highest BCUT2D eigenvalue weighted by Crippen LogP contribution is 1.81. The highest BCUT2D eigenvalue weighted by molar-refractivity contribution is 6.13. The third kappa shape index (κ3) is 2.63. The Hall–Kier alpha value is -0.513. The Bertz CT molecular complexity index is 86.1. The molecule has 2 amide bonds. The van der Waals surface area contributed by atoms with E-state index in [1.165, 1.54) is 0 Å². The van der Waals surface area contributed by atoms with Gasteiger partial charge in [0.1, 0.15) is 10.4 Å². The standard InChI is InChI=1S/C4H12N2OSi/c1-2-3-6(8)4(5)7/h2-3H2,1,8H3,(H2,5,7). The lowest BCUT2D eigenvalue weighted by molar-refractivity contribution is 0.233. The highest BCUT2D eigenvalue weighted by atomic mass is 28.2. The van der Waals surface area contributed by atoms with Crippen LogP contribution in [-0.2, 0) is 0 Å². The summed E-state index contributed by atoms with van der Waals surface area (Å²) in [5.41, 5.74) is 4.94. The molecule has 0 aliphatic rings.